The molecule has 4 rings (SSSR count). The van der Waals surface area contributed by atoms with Gasteiger partial charge in [0.05, 0.1) is 6.33 Å². The largest absolute Gasteiger partial charge is 0.340 e. The van der Waals surface area contributed by atoms with Gasteiger partial charge >= 0.3 is 0 Å². The molecule has 4 heteroatoms. The van der Waals surface area contributed by atoms with E-state index in [0.29, 0.717) is 6.54 Å². The van der Waals surface area contributed by atoms with Crippen molar-refractivity contribution in [1.29, 1.82) is 0 Å². The van der Waals surface area contributed by atoms with Crippen LogP contribution in [0.2, 0.25) is 0 Å². The number of imidazole rings is 1. The van der Waals surface area contributed by atoms with Crippen LogP contribution < -0.4 is 0 Å². The summed E-state index contributed by atoms with van der Waals surface area (Å²) >= 11 is 0. The van der Waals surface area contributed by atoms with Crippen LogP contribution >= 0.6 is 0 Å². The summed E-state index contributed by atoms with van der Waals surface area (Å²) in [5.41, 5.74) is 2.40. The first-order valence-electron chi connectivity index (χ1n) is 9.58. The molecule has 0 N–H and O–H groups in total. The van der Waals surface area contributed by atoms with Gasteiger partial charge in [-0.2, -0.15) is 0 Å². The number of rotatable bonds is 4. The van der Waals surface area contributed by atoms with Crippen molar-refractivity contribution in [3.8, 4) is 0 Å². The number of hydrogen-bond acceptors (Lipinski definition) is 2. The fraction of sp³-hybridized carbons (Fsp3) is 0.304. The summed E-state index contributed by atoms with van der Waals surface area (Å²) < 4.78 is 1.88. The third kappa shape index (κ3) is 3.27. The maximum absolute atomic E-state index is 13.2. The molecule has 0 bridgehead atoms. The second-order valence-electron chi connectivity index (χ2n) is 7.36. The lowest BCUT2D eigenvalue weighted by molar-refractivity contribution is -0.136. The molecule has 1 saturated heterocycles. The van der Waals surface area contributed by atoms with Gasteiger partial charge in [0.25, 0.3) is 0 Å². The van der Waals surface area contributed by atoms with Crippen molar-refractivity contribution in [2.45, 2.75) is 31.2 Å². The maximum Gasteiger partial charge on any atom is 0.245 e. The number of nitrogens with zero attached hydrogens (tertiary/aromatic N) is 3. The van der Waals surface area contributed by atoms with Crippen LogP contribution in [0.25, 0.3) is 0 Å². The van der Waals surface area contributed by atoms with E-state index in [1.807, 2.05) is 22.6 Å². The highest BCUT2D eigenvalue weighted by atomic mass is 16.2. The van der Waals surface area contributed by atoms with Crippen LogP contribution in [0.4, 0.5) is 0 Å². The zero-order chi connectivity index (χ0) is 18.7. The quantitative estimate of drug-likeness (QED) is 0.705. The number of carbonyl (C=O) groups is 1. The number of carbonyl (C=O) groups excluding carboxylic acids is 1. The number of amides is 1. The van der Waals surface area contributed by atoms with Crippen molar-refractivity contribution < 1.29 is 4.79 Å². The first-order chi connectivity index (χ1) is 13.2. The van der Waals surface area contributed by atoms with Gasteiger partial charge in [0.1, 0.15) is 6.04 Å². The summed E-state index contributed by atoms with van der Waals surface area (Å²) in [5.74, 6) is 0.156. The Morgan fingerprint density at radius 1 is 1.04 bits per heavy atom. The molecule has 1 aliphatic rings. The topological polar surface area (TPSA) is 38.1 Å². The second kappa shape index (κ2) is 7.39. The van der Waals surface area contributed by atoms with E-state index in [1.165, 1.54) is 11.1 Å². The highest BCUT2D eigenvalue weighted by Gasteiger charge is 2.40. The highest BCUT2D eigenvalue weighted by molar-refractivity contribution is 5.80. The summed E-state index contributed by atoms with van der Waals surface area (Å²) in [6.45, 7) is 3.46. The Kier molecular flexibility index (Phi) is 4.80. The summed E-state index contributed by atoms with van der Waals surface area (Å²) in [5, 5.41) is 0. The summed E-state index contributed by atoms with van der Waals surface area (Å²) in [4.78, 5) is 19.3. The maximum atomic E-state index is 13.2. The van der Waals surface area contributed by atoms with Crippen LogP contribution in [0.1, 0.15) is 36.9 Å². The van der Waals surface area contributed by atoms with Crippen LogP contribution in [0.3, 0.4) is 0 Å². The van der Waals surface area contributed by atoms with Crippen LogP contribution in [-0.4, -0.2) is 33.4 Å². The third-order valence-corrected chi connectivity index (χ3v) is 5.79. The van der Waals surface area contributed by atoms with E-state index in [4.69, 9.17) is 0 Å². The Balaban J connectivity index is 1.69. The lowest BCUT2D eigenvalue weighted by Crippen LogP contribution is -2.50. The van der Waals surface area contributed by atoms with E-state index in [0.717, 1.165) is 19.4 Å². The predicted molar refractivity (Wildman–Crippen MR) is 106 cm³/mol. The number of benzene rings is 2. The Morgan fingerprint density at radius 2 is 1.67 bits per heavy atom. The van der Waals surface area contributed by atoms with Gasteiger partial charge in [-0.25, -0.2) is 4.98 Å². The van der Waals surface area contributed by atoms with Gasteiger partial charge < -0.3 is 9.47 Å². The Bertz CT molecular complexity index is 835. The van der Waals surface area contributed by atoms with E-state index >= 15 is 0 Å². The minimum absolute atomic E-state index is 0.156. The number of aromatic nitrogens is 2. The standard InChI is InChI=1S/C23H25N3O/c1-19(26-16-14-24-18-26)22(27)25-15-8-13-23(17-25,20-9-4-2-5-10-20)21-11-6-3-7-12-21/h2-7,9-12,14,16,18-19H,8,13,15,17H2,1H3/t19-/m1/s1. The Labute approximate surface area is 160 Å². The molecule has 0 radical (unpaired) electrons. The second-order valence-corrected chi connectivity index (χ2v) is 7.36. The van der Waals surface area contributed by atoms with Gasteiger partial charge in [-0.3, -0.25) is 4.79 Å². The smallest absolute Gasteiger partial charge is 0.245 e. The van der Waals surface area contributed by atoms with Crippen molar-refractivity contribution in [2.75, 3.05) is 13.1 Å². The van der Waals surface area contributed by atoms with Crippen molar-refractivity contribution in [3.05, 3.63) is 90.5 Å². The summed E-state index contributed by atoms with van der Waals surface area (Å²) in [6, 6.07) is 21.0. The molecule has 1 atom stereocenters. The fourth-order valence-corrected chi connectivity index (χ4v) is 4.29. The first-order valence-corrected chi connectivity index (χ1v) is 9.58. The van der Waals surface area contributed by atoms with Crippen molar-refractivity contribution in [2.24, 2.45) is 0 Å². The Morgan fingerprint density at radius 3 is 2.22 bits per heavy atom. The molecular weight excluding hydrogens is 334 g/mol. The minimum Gasteiger partial charge on any atom is -0.340 e. The molecule has 4 nitrogen and oxygen atoms in total. The lowest BCUT2D eigenvalue weighted by atomic mass is 9.69. The molecule has 0 spiro atoms. The SMILES string of the molecule is C[C@H](C(=O)N1CCCC(c2ccccc2)(c2ccccc2)C1)n1ccnc1. The van der Waals surface area contributed by atoms with Crippen molar-refractivity contribution >= 4 is 5.91 Å². The Hall–Kier alpha value is -2.88. The van der Waals surface area contributed by atoms with Gasteiger partial charge in [0.15, 0.2) is 0 Å². The monoisotopic (exact) mass is 359 g/mol. The normalized spacial score (nSPS) is 17.4. The van der Waals surface area contributed by atoms with Gasteiger partial charge in [-0.15, -0.1) is 0 Å². The van der Waals surface area contributed by atoms with Crippen LogP contribution in [0.15, 0.2) is 79.4 Å². The van der Waals surface area contributed by atoms with Gasteiger partial charge in [0, 0.05) is 30.9 Å². The molecule has 1 amide bonds. The zero-order valence-electron chi connectivity index (χ0n) is 15.7. The number of piperidine rings is 1. The molecule has 3 aromatic rings. The fourth-order valence-electron chi connectivity index (χ4n) is 4.29. The number of likely N-dealkylation sites (tertiary alicyclic amines) is 1. The molecule has 2 aromatic carbocycles. The van der Waals surface area contributed by atoms with E-state index in [-0.39, 0.29) is 17.4 Å². The average molecular weight is 359 g/mol. The molecule has 0 aliphatic carbocycles. The zero-order valence-corrected chi connectivity index (χ0v) is 15.7. The number of hydrogen-bond donors (Lipinski definition) is 0. The molecule has 1 fully saturated rings. The predicted octanol–water partition coefficient (Wildman–Crippen LogP) is 4.05. The first kappa shape index (κ1) is 17.5. The highest BCUT2D eigenvalue weighted by Crippen LogP contribution is 2.40. The van der Waals surface area contributed by atoms with Crippen molar-refractivity contribution in [1.82, 2.24) is 14.5 Å². The van der Waals surface area contributed by atoms with E-state index < -0.39 is 0 Å². The van der Waals surface area contributed by atoms with Gasteiger partial charge in [-0.1, -0.05) is 60.7 Å². The molecule has 27 heavy (non-hydrogen) atoms. The molecular formula is C23H25N3O. The van der Waals surface area contributed by atoms with Crippen LogP contribution in [0, 0.1) is 0 Å². The van der Waals surface area contributed by atoms with E-state index in [1.54, 1.807) is 12.5 Å². The molecule has 0 unspecified atom stereocenters. The van der Waals surface area contributed by atoms with E-state index in [9.17, 15) is 4.79 Å². The molecule has 2 heterocycles. The minimum atomic E-state index is -0.241. The van der Waals surface area contributed by atoms with Gasteiger partial charge in [0.2, 0.25) is 5.91 Å². The van der Waals surface area contributed by atoms with Crippen LogP contribution in [0.5, 0.6) is 0 Å². The van der Waals surface area contributed by atoms with E-state index in [2.05, 4.69) is 65.6 Å². The van der Waals surface area contributed by atoms with Crippen LogP contribution in [-0.2, 0) is 10.2 Å². The molecule has 138 valence electrons. The summed E-state index contributed by atoms with van der Waals surface area (Å²) in [6.07, 6.45) is 7.33. The molecule has 0 saturated carbocycles. The van der Waals surface area contributed by atoms with Gasteiger partial charge in [-0.05, 0) is 30.9 Å². The third-order valence-electron chi connectivity index (χ3n) is 5.79. The summed E-state index contributed by atoms with van der Waals surface area (Å²) in [7, 11) is 0. The average Bonchev–Trinajstić information content (AvgIpc) is 3.29. The lowest BCUT2D eigenvalue weighted by Gasteiger charge is -2.44. The molecule has 1 aliphatic heterocycles. The van der Waals surface area contributed by atoms with Crippen molar-refractivity contribution in [3.63, 3.8) is 0 Å². The molecule has 1 aromatic heterocycles.